The Morgan fingerprint density at radius 3 is 2.71 bits per heavy atom. The maximum atomic E-state index is 11.5. The van der Waals surface area contributed by atoms with Crippen molar-refractivity contribution in [3.63, 3.8) is 0 Å². The number of Topliss-reactive ketones (excluding diaryl/α,β-unsaturated/α-hetero) is 1. The van der Waals surface area contributed by atoms with Gasteiger partial charge in [-0.05, 0) is 18.3 Å². The van der Waals surface area contributed by atoms with Gasteiger partial charge in [-0.2, -0.15) is 0 Å². The van der Waals surface area contributed by atoms with Gasteiger partial charge in [0, 0.05) is 12.8 Å². The standard InChI is InChI=1S/C11H18O3/c1-11(2)7-8(12)5-4-6-9(11)10(13)14-3/h9H,4-7H2,1-3H3. The monoisotopic (exact) mass is 198 g/mol. The molecule has 3 heteroatoms. The van der Waals surface area contributed by atoms with E-state index in [-0.39, 0.29) is 23.1 Å². The van der Waals surface area contributed by atoms with E-state index >= 15 is 0 Å². The van der Waals surface area contributed by atoms with Gasteiger partial charge in [0.1, 0.15) is 5.78 Å². The van der Waals surface area contributed by atoms with Crippen LogP contribution in [0.1, 0.15) is 39.5 Å². The number of carbonyl (C=O) groups is 2. The molecular weight excluding hydrogens is 180 g/mol. The van der Waals surface area contributed by atoms with Crippen LogP contribution in [0.15, 0.2) is 0 Å². The van der Waals surface area contributed by atoms with Gasteiger partial charge in [0.15, 0.2) is 0 Å². The Balaban J connectivity index is 2.82. The summed E-state index contributed by atoms with van der Waals surface area (Å²) in [5.74, 6) is -0.0370. The Labute approximate surface area is 84.8 Å². The third-order valence-corrected chi connectivity index (χ3v) is 3.03. The molecule has 0 N–H and O–H groups in total. The van der Waals surface area contributed by atoms with Crippen molar-refractivity contribution in [3.05, 3.63) is 0 Å². The van der Waals surface area contributed by atoms with Crippen LogP contribution in [0.2, 0.25) is 0 Å². The SMILES string of the molecule is COC(=O)C1CCCC(=O)CC1(C)C. The van der Waals surface area contributed by atoms with Gasteiger partial charge in [-0.3, -0.25) is 9.59 Å². The number of rotatable bonds is 1. The Morgan fingerprint density at radius 2 is 2.14 bits per heavy atom. The summed E-state index contributed by atoms with van der Waals surface area (Å²) >= 11 is 0. The fourth-order valence-corrected chi connectivity index (χ4v) is 2.19. The number of esters is 1. The number of ketones is 1. The Bertz CT molecular complexity index is 243. The summed E-state index contributed by atoms with van der Waals surface area (Å²) in [5, 5.41) is 0. The van der Waals surface area contributed by atoms with Crippen LogP contribution < -0.4 is 0 Å². The highest BCUT2D eigenvalue weighted by Crippen LogP contribution is 2.38. The summed E-state index contributed by atoms with van der Waals surface area (Å²) in [5.41, 5.74) is -0.249. The van der Waals surface area contributed by atoms with Crippen LogP contribution in [0, 0.1) is 11.3 Å². The summed E-state index contributed by atoms with van der Waals surface area (Å²) in [6.07, 6.45) is 2.68. The van der Waals surface area contributed by atoms with E-state index in [0.29, 0.717) is 12.8 Å². The van der Waals surface area contributed by atoms with Crippen molar-refractivity contribution in [1.29, 1.82) is 0 Å². The molecule has 0 saturated heterocycles. The fourth-order valence-electron chi connectivity index (χ4n) is 2.19. The number of methoxy groups -OCH3 is 1. The van der Waals surface area contributed by atoms with Crippen LogP contribution in [-0.4, -0.2) is 18.9 Å². The minimum Gasteiger partial charge on any atom is -0.469 e. The zero-order valence-corrected chi connectivity index (χ0v) is 9.13. The van der Waals surface area contributed by atoms with Crippen LogP contribution in [-0.2, 0) is 14.3 Å². The first-order valence-electron chi connectivity index (χ1n) is 5.07. The first-order chi connectivity index (χ1) is 6.47. The molecule has 0 amide bonds. The van der Waals surface area contributed by atoms with Crippen molar-refractivity contribution in [2.45, 2.75) is 39.5 Å². The van der Waals surface area contributed by atoms with Crippen molar-refractivity contribution in [2.75, 3.05) is 7.11 Å². The molecule has 0 radical (unpaired) electrons. The molecule has 1 atom stereocenters. The zero-order chi connectivity index (χ0) is 10.8. The van der Waals surface area contributed by atoms with Gasteiger partial charge in [-0.15, -0.1) is 0 Å². The predicted molar refractivity (Wildman–Crippen MR) is 52.8 cm³/mol. The maximum Gasteiger partial charge on any atom is 0.309 e. The molecule has 1 saturated carbocycles. The molecule has 14 heavy (non-hydrogen) atoms. The summed E-state index contributed by atoms with van der Waals surface area (Å²) in [6, 6.07) is 0. The molecule has 0 aliphatic heterocycles. The van der Waals surface area contributed by atoms with Gasteiger partial charge in [0.2, 0.25) is 0 Å². The van der Waals surface area contributed by atoms with Crippen LogP contribution in [0.5, 0.6) is 0 Å². The van der Waals surface area contributed by atoms with Gasteiger partial charge in [0.25, 0.3) is 0 Å². The summed E-state index contributed by atoms with van der Waals surface area (Å²) < 4.78 is 4.77. The number of hydrogen-bond acceptors (Lipinski definition) is 3. The van der Waals surface area contributed by atoms with E-state index in [1.54, 1.807) is 0 Å². The lowest BCUT2D eigenvalue weighted by Gasteiger charge is -2.29. The Morgan fingerprint density at radius 1 is 1.50 bits per heavy atom. The molecule has 0 bridgehead atoms. The molecule has 0 aromatic carbocycles. The van der Waals surface area contributed by atoms with E-state index in [1.165, 1.54) is 7.11 Å². The van der Waals surface area contributed by atoms with E-state index in [2.05, 4.69) is 0 Å². The van der Waals surface area contributed by atoms with Crippen LogP contribution >= 0.6 is 0 Å². The van der Waals surface area contributed by atoms with Crippen molar-refractivity contribution in [2.24, 2.45) is 11.3 Å². The third-order valence-electron chi connectivity index (χ3n) is 3.03. The summed E-state index contributed by atoms with van der Waals surface area (Å²) in [6.45, 7) is 3.94. The lowest BCUT2D eigenvalue weighted by Crippen LogP contribution is -2.32. The van der Waals surface area contributed by atoms with E-state index < -0.39 is 0 Å². The first-order valence-corrected chi connectivity index (χ1v) is 5.07. The lowest BCUT2D eigenvalue weighted by atomic mass is 9.75. The highest BCUT2D eigenvalue weighted by atomic mass is 16.5. The van der Waals surface area contributed by atoms with E-state index in [4.69, 9.17) is 4.74 Å². The van der Waals surface area contributed by atoms with Gasteiger partial charge in [-0.1, -0.05) is 13.8 Å². The summed E-state index contributed by atoms with van der Waals surface area (Å²) in [7, 11) is 1.41. The quantitative estimate of drug-likeness (QED) is 0.477. The number of hydrogen-bond donors (Lipinski definition) is 0. The number of ether oxygens (including phenoxy) is 1. The maximum absolute atomic E-state index is 11.5. The van der Waals surface area contributed by atoms with Crippen LogP contribution in [0.3, 0.4) is 0 Å². The molecule has 1 aliphatic rings. The average molecular weight is 198 g/mol. The molecule has 0 spiro atoms. The molecule has 0 aromatic rings. The highest BCUT2D eigenvalue weighted by Gasteiger charge is 2.39. The fraction of sp³-hybridized carbons (Fsp3) is 0.818. The normalized spacial score (nSPS) is 26.8. The second-order valence-electron chi connectivity index (χ2n) is 4.67. The van der Waals surface area contributed by atoms with Crippen LogP contribution in [0.4, 0.5) is 0 Å². The van der Waals surface area contributed by atoms with Crippen molar-refractivity contribution in [1.82, 2.24) is 0 Å². The van der Waals surface area contributed by atoms with E-state index in [0.717, 1.165) is 12.8 Å². The molecule has 1 aliphatic carbocycles. The minimum absolute atomic E-state index is 0.126. The lowest BCUT2D eigenvalue weighted by molar-refractivity contribution is -0.150. The molecule has 1 unspecified atom stereocenters. The molecule has 3 nitrogen and oxygen atoms in total. The largest absolute Gasteiger partial charge is 0.469 e. The molecule has 1 rings (SSSR count). The van der Waals surface area contributed by atoms with Gasteiger partial charge < -0.3 is 4.74 Å². The Kier molecular flexibility index (Phi) is 3.29. The highest BCUT2D eigenvalue weighted by molar-refractivity contribution is 5.81. The van der Waals surface area contributed by atoms with Gasteiger partial charge >= 0.3 is 5.97 Å². The summed E-state index contributed by atoms with van der Waals surface area (Å²) in [4.78, 5) is 22.9. The average Bonchev–Trinajstić information content (AvgIpc) is 2.21. The second kappa shape index (κ2) is 4.11. The van der Waals surface area contributed by atoms with E-state index in [1.807, 2.05) is 13.8 Å². The molecule has 80 valence electrons. The smallest absolute Gasteiger partial charge is 0.309 e. The molecule has 0 heterocycles. The van der Waals surface area contributed by atoms with Crippen molar-refractivity contribution in [3.8, 4) is 0 Å². The van der Waals surface area contributed by atoms with Crippen molar-refractivity contribution < 1.29 is 14.3 Å². The Hall–Kier alpha value is -0.860. The van der Waals surface area contributed by atoms with Crippen molar-refractivity contribution >= 4 is 11.8 Å². The number of carbonyl (C=O) groups excluding carboxylic acids is 2. The predicted octanol–water partition coefficient (Wildman–Crippen LogP) is 1.94. The molecule has 1 fully saturated rings. The van der Waals surface area contributed by atoms with E-state index in [9.17, 15) is 9.59 Å². The molecular formula is C11H18O3. The molecule has 0 aromatic heterocycles. The third kappa shape index (κ3) is 2.34. The first kappa shape index (κ1) is 11.2. The topological polar surface area (TPSA) is 43.4 Å². The van der Waals surface area contributed by atoms with Gasteiger partial charge in [-0.25, -0.2) is 0 Å². The second-order valence-corrected chi connectivity index (χ2v) is 4.67. The van der Waals surface area contributed by atoms with Crippen LogP contribution in [0.25, 0.3) is 0 Å². The zero-order valence-electron chi connectivity index (χ0n) is 9.13. The minimum atomic E-state index is -0.249. The van der Waals surface area contributed by atoms with Gasteiger partial charge in [0.05, 0.1) is 13.0 Å².